The summed E-state index contributed by atoms with van der Waals surface area (Å²) in [6, 6.07) is 5.29. The Kier molecular flexibility index (Phi) is 4.89. The molecule has 3 nitrogen and oxygen atoms in total. The second-order valence-electron chi connectivity index (χ2n) is 6.38. The first-order chi connectivity index (χ1) is 12.3. The summed E-state index contributed by atoms with van der Waals surface area (Å²) in [6.07, 6.45) is 1.46. The van der Waals surface area contributed by atoms with Crippen LogP contribution in [-0.4, -0.2) is 49.3 Å². The first-order valence-electron chi connectivity index (χ1n) is 8.20. The number of benzene rings is 2. The highest BCUT2D eigenvalue weighted by Gasteiger charge is 2.23. The minimum Gasteiger partial charge on any atom is -0.497 e. The Labute approximate surface area is 159 Å². The van der Waals surface area contributed by atoms with E-state index in [1.807, 2.05) is 0 Å². The molecule has 2 aromatic carbocycles. The van der Waals surface area contributed by atoms with Gasteiger partial charge in [0.1, 0.15) is 43.0 Å². The fourth-order valence-corrected chi connectivity index (χ4v) is 3.48. The molecular weight excluding hydrogens is 348 g/mol. The number of aromatic nitrogens is 1. The molecule has 9 heteroatoms. The van der Waals surface area contributed by atoms with Gasteiger partial charge in [-0.25, -0.2) is 4.39 Å². The average Bonchev–Trinajstić information content (AvgIpc) is 2.64. The van der Waals surface area contributed by atoms with E-state index in [1.165, 1.54) is 6.20 Å². The molecule has 0 aliphatic carbocycles. The van der Waals surface area contributed by atoms with Gasteiger partial charge in [-0.05, 0) is 12.1 Å². The molecule has 0 atom stereocenters. The summed E-state index contributed by atoms with van der Waals surface area (Å²) in [4.78, 5) is 17.7. The van der Waals surface area contributed by atoms with Crippen LogP contribution in [0, 0.1) is 5.82 Å². The lowest BCUT2D eigenvalue weighted by atomic mass is 9.65. The molecule has 3 rings (SSSR count). The Hall–Kier alpha value is -2.20. The first-order valence-corrected chi connectivity index (χ1v) is 8.58. The third-order valence-electron chi connectivity index (χ3n) is 5.02. The molecule has 0 amide bonds. The number of rotatable bonds is 3. The fraction of sp³-hybridized carbons (Fsp3) is 0.0588. The number of hydrogen-bond donors (Lipinski definition) is 0. The number of hydrogen-bond acceptors (Lipinski definition) is 3. The van der Waals surface area contributed by atoms with Crippen molar-refractivity contribution in [3.05, 3.63) is 46.4 Å². The van der Waals surface area contributed by atoms with Crippen molar-refractivity contribution in [1.29, 1.82) is 0 Å². The van der Waals surface area contributed by atoms with E-state index in [-0.39, 0.29) is 16.6 Å². The zero-order valence-corrected chi connectivity index (χ0v) is 16.1. The number of methoxy groups -OCH3 is 1. The number of carbonyl (C=O) groups excluding carboxylic acids is 1. The Bertz CT molecular complexity index is 1050. The molecule has 0 spiro atoms. The molecule has 0 bridgehead atoms. The molecule has 0 radical (unpaired) electrons. The lowest BCUT2D eigenvalue weighted by molar-refractivity contribution is 0.104. The van der Waals surface area contributed by atoms with Gasteiger partial charge >= 0.3 is 0 Å². The molecule has 0 saturated heterocycles. The van der Waals surface area contributed by atoms with Crippen molar-refractivity contribution in [2.75, 3.05) is 7.11 Å². The Morgan fingerprint density at radius 1 is 1.08 bits per heavy atom. The normalized spacial score (nSPS) is 10.9. The van der Waals surface area contributed by atoms with Crippen LogP contribution in [0.2, 0.25) is 5.02 Å². The third kappa shape index (κ3) is 2.82. The van der Waals surface area contributed by atoms with Crippen molar-refractivity contribution in [3.8, 4) is 5.75 Å². The standard InChI is InChI=1S/C17H15B4ClFNO2/c1-26-6-2-3-7-9(4-6)24-5-8(22)10(7)17(25)11-12(18)14(20)16(23)15(21)13(11)19/h2-5H,18-21H2,1H3. The van der Waals surface area contributed by atoms with Crippen LogP contribution in [0.5, 0.6) is 5.75 Å². The predicted octanol–water partition coefficient (Wildman–Crippen LogP) is -2.70. The number of halogens is 2. The van der Waals surface area contributed by atoms with Crippen molar-refractivity contribution in [3.63, 3.8) is 0 Å². The summed E-state index contributed by atoms with van der Waals surface area (Å²) in [7, 11) is 8.47. The molecular formula is C17H15B4ClFNO2. The van der Waals surface area contributed by atoms with Crippen LogP contribution in [0.3, 0.4) is 0 Å². The SMILES string of the molecule is Bc1c(B)c(C(=O)c2c(Cl)cnc3cc(OC)ccc23)c(B)c(B)c1F. The number of ketones is 1. The van der Waals surface area contributed by atoms with E-state index < -0.39 is 0 Å². The summed E-state index contributed by atoms with van der Waals surface area (Å²) in [6.45, 7) is 0. The maximum atomic E-state index is 14.4. The van der Waals surface area contributed by atoms with Crippen LogP contribution in [0.25, 0.3) is 10.9 Å². The quantitative estimate of drug-likeness (QED) is 0.376. The molecule has 1 aromatic heterocycles. The van der Waals surface area contributed by atoms with Gasteiger partial charge in [0.25, 0.3) is 0 Å². The molecule has 0 saturated carbocycles. The summed E-state index contributed by atoms with van der Waals surface area (Å²) in [5, 5.41) is 0.910. The van der Waals surface area contributed by atoms with E-state index in [0.717, 1.165) is 0 Å². The van der Waals surface area contributed by atoms with Gasteiger partial charge in [-0.15, -0.1) is 0 Å². The average molecular weight is 363 g/mol. The zero-order chi connectivity index (χ0) is 19.2. The summed E-state index contributed by atoms with van der Waals surface area (Å²) >= 11 is 6.35. The number of nitrogens with zero attached hydrogens (tertiary/aromatic N) is 1. The van der Waals surface area contributed by atoms with Crippen LogP contribution in [0.1, 0.15) is 15.9 Å². The van der Waals surface area contributed by atoms with E-state index in [1.54, 1.807) is 56.7 Å². The van der Waals surface area contributed by atoms with Crippen molar-refractivity contribution in [2.45, 2.75) is 0 Å². The summed E-state index contributed by atoms with van der Waals surface area (Å²) < 4.78 is 19.6. The van der Waals surface area contributed by atoms with Crippen molar-refractivity contribution >= 4 is 81.5 Å². The molecule has 0 aliphatic rings. The summed E-state index contributed by atoms with van der Waals surface area (Å²) in [5.74, 6) is 0.146. The van der Waals surface area contributed by atoms with Gasteiger partial charge in [0.15, 0.2) is 5.78 Å². The van der Waals surface area contributed by atoms with E-state index in [9.17, 15) is 9.18 Å². The third-order valence-corrected chi connectivity index (χ3v) is 5.30. The topological polar surface area (TPSA) is 39.2 Å². The molecule has 0 unspecified atom stereocenters. The summed E-state index contributed by atoms with van der Waals surface area (Å²) in [5.41, 5.74) is 3.70. The lowest BCUT2D eigenvalue weighted by Crippen LogP contribution is -2.49. The lowest BCUT2D eigenvalue weighted by Gasteiger charge is -2.18. The van der Waals surface area contributed by atoms with Gasteiger partial charge in [0.05, 0.1) is 23.2 Å². The first kappa shape index (κ1) is 18.6. The molecule has 0 fully saturated rings. The Morgan fingerprint density at radius 3 is 2.27 bits per heavy atom. The minimum atomic E-state index is -0.271. The van der Waals surface area contributed by atoms with Crippen LogP contribution >= 0.6 is 11.6 Å². The molecule has 26 heavy (non-hydrogen) atoms. The van der Waals surface area contributed by atoms with E-state index >= 15 is 0 Å². The minimum absolute atomic E-state index is 0.228. The van der Waals surface area contributed by atoms with Gasteiger partial charge in [-0.1, -0.05) is 33.5 Å². The number of pyridine rings is 1. The van der Waals surface area contributed by atoms with Crippen molar-refractivity contribution in [2.24, 2.45) is 0 Å². The fourth-order valence-electron chi connectivity index (χ4n) is 3.24. The Morgan fingerprint density at radius 2 is 1.69 bits per heavy atom. The number of fused-ring (bicyclic) bond motifs is 1. The highest BCUT2D eigenvalue weighted by Crippen LogP contribution is 2.28. The van der Waals surface area contributed by atoms with Gasteiger partial charge in [-0.2, -0.15) is 0 Å². The smallest absolute Gasteiger partial charge is 0.194 e. The highest BCUT2D eigenvalue weighted by atomic mass is 35.5. The molecule has 1 heterocycles. The monoisotopic (exact) mass is 363 g/mol. The van der Waals surface area contributed by atoms with Crippen LogP contribution < -0.4 is 26.6 Å². The van der Waals surface area contributed by atoms with Crippen molar-refractivity contribution in [1.82, 2.24) is 4.98 Å². The molecule has 0 N–H and O–H groups in total. The van der Waals surface area contributed by atoms with E-state index in [4.69, 9.17) is 16.3 Å². The molecule has 3 aromatic rings. The number of ether oxygens (including phenoxy) is 1. The van der Waals surface area contributed by atoms with E-state index in [0.29, 0.717) is 49.6 Å². The zero-order valence-electron chi connectivity index (χ0n) is 15.3. The largest absolute Gasteiger partial charge is 0.497 e. The maximum absolute atomic E-state index is 14.4. The van der Waals surface area contributed by atoms with Gasteiger partial charge in [-0.3, -0.25) is 9.78 Å². The van der Waals surface area contributed by atoms with Gasteiger partial charge in [0, 0.05) is 23.2 Å². The second kappa shape index (κ2) is 6.84. The molecule has 0 aliphatic heterocycles. The van der Waals surface area contributed by atoms with Gasteiger partial charge < -0.3 is 4.74 Å². The van der Waals surface area contributed by atoms with Crippen molar-refractivity contribution < 1.29 is 13.9 Å². The highest BCUT2D eigenvalue weighted by molar-refractivity contribution is 6.60. The van der Waals surface area contributed by atoms with Crippen LogP contribution in [0.4, 0.5) is 4.39 Å². The van der Waals surface area contributed by atoms with Crippen LogP contribution in [0.15, 0.2) is 24.4 Å². The van der Waals surface area contributed by atoms with E-state index in [2.05, 4.69) is 4.98 Å². The van der Waals surface area contributed by atoms with Gasteiger partial charge in [0.2, 0.25) is 0 Å². The predicted molar refractivity (Wildman–Crippen MR) is 116 cm³/mol. The maximum Gasteiger partial charge on any atom is 0.194 e. The molecule has 126 valence electrons. The van der Waals surface area contributed by atoms with Crippen LogP contribution in [-0.2, 0) is 0 Å². The number of carbonyl (C=O) groups is 1. The Balaban J connectivity index is 2.32. The second-order valence-corrected chi connectivity index (χ2v) is 6.79.